The number of hydrogen-bond acceptors (Lipinski definition) is 4. The van der Waals surface area contributed by atoms with Gasteiger partial charge in [0.05, 0.1) is 6.07 Å². The van der Waals surface area contributed by atoms with Gasteiger partial charge in [0.25, 0.3) is 0 Å². The van der Waals surface area contributed by atoms with E-state index < -0.39 is 0 Å². The van der Waals surface area contributed by atoms with Crippen LogP contribution in [0.25, 0.3) is 0 Å². The van der Waals surface area contributed by atoms with Crippen molar-refractivity contribution in [1.29, 1.82) is 5.26 Å². The summed E-state index contributed by atoms with van der Waals surface area (Å²) in [5, 5.41) is 19.2. The molecule has 0 amide bonds. The number of fused-ring (bicyclic) bond motifs is 1. The molecule has 1 fully saturated rings. The molecule has 0 N–H and O–H groups in total. The summed E-state index contributed by atoms with van der Waals surface area (Å²) in [6.07, 6.45) is 11.0. The first-order valence-corrected chi connectivity index (χ1v) is 8.75. The van der Waals surface area contributed by atoms with Crippen LogP contribution in [0, 0.1) is 17.2 Å². The van der Waals surface area contributed by atoms with E-state index in [2.05, 4.69) is 20.8 Å². The summed E-state index contributed by atoms with van der Waals surface area (Å²) in [7, 11) is 0. The van der Waals surface area contributed by atoms with Gasteiger partial charge in [-0.2, -0.15) is 5.26 Å². The SMILES string of the molecule is N#C[C@@H](Sc1nnc2n1CCCCC2)C1CCCCC1. The normalized spacial score (nSPS) is 21.8. The van der Waals surface area contributed by atoms with Crippen LogP contribution >= 0.6 is 11.8 Å². The van der Waals surface area contributed by atoms with Crippen LogP contribution in [-0.2, 0) is 13.0 Å². The summed E-state index contributed by atoms with van der Waals surface area (Å²) in [6.45, 7) is 1.02. The zero-order valence-electron chi connectivity index (χ0n) is 11.9. The fourth-order valence-corrected chi connectivity index (χ4v) is 4.48. The summed E-state index contributed by atoms with van der Waals surface area (Å²) in [5.74, 6) is 1.66. The van der Waals surface area contributed by atoms with Crippen molar-refractivity contribution >= 4 is 11.8 Å². The first-order valence-electron chi connectivity index (χ1n) is 7.87. The molecule has 2 heterocycles. The van der Waals surface area contributed by atoms with Gasteiger partial charge < -0.3 is 4.57 Å². The van der Waals surface area contributed by atoms with Crippen LogP contribution in [0.15, 0.2) is 5.16 Å². The fourth-order valence-electron chi connectivity index (χ4n) is 3.32. The number of hydrogen-bond donors (Lipinski definition) is 0. The van der Waals surface area contributed by atoms with E-state index >= 15 is 0 Å². The van der Waals surface area contributed by atoms with Crippen molar-refractivity contribution in [1.82, 2.24) is 14.8 Å². The lowest BCUT2D eigenvalue weighted by Crippen LogP contribution is -2.19. The lowest BCUT2D eigenvalue weighted by molar-refractivity contribution is 0.369. The Morgan fingerprint density at radius 3 is 2.70 bits per heavy atom. The van der Waals surface area contributed by atoms with E-state index in [9.17, 15) is 5.26 Å². The minimum absolute atomic E-state index is 0.0480. The number of aryl methyl sites for hydroxylation is 1. The molecule has 2 aliphatic rings. The largest absolute Gasteiger partial charge is 0.306 e. The van der Waals surface area contributed by atoms with Gasteiger partial charge in [0.2, 0.25) is 0 Å². The highest BCUT2D eigenvalue weighted by molar-refractivity contribution is 8.00. The Kier molecular flexibility index (Phi) is 4.62. The summed E-state index contributed by atoms with van der Waals surface area (Å²) in [5.41, 5.74) is 0. The molecule has 0 spiro atoms. The van der Waals surface area contributed by atoms with E-state index in [1.165, 1.54) is 51.4 Å². The van der Waals surface area contributed by atoms with Gasteiger partial charge in [0, 0.05) is 13.0 Å². The lowest BCUT2D eigenvalue weighted by Gasteiger charge is -2.25. The Hall–Kier alpha value is -1.02. The van der Waals surface area contributed by atoms with Gasteiger partial charge in [-0.15, -0.1) is 10.2 Å². The third-order valence-corrected chi connectivity index (χ3v) is 5.77. The van der Waals surface area contributed by atoms with E-state index in [1.807, 2.05) is 0 Å². The molecule has 20 heavy (non-hydrogen) atoms. The Morgan fingerprint density at radius 1 is 1.10 bits per heavy atom. The quantitative estimate of drug-likeness (QED) is 0.799. The van der Waals surface area contributed by atoms with Crippen LogP contribution in [0.2, 0.25) is 0 Å². The Morgan fingerprint density at radius 2 is 1.90 bits per heavy atom. The molecule has 1 atom stereocenters. The van der Waals surface area contributed by atoms with Crippen LogP contribution in [0.1, 0.15) is 57.2 Å². The first kappa shape index (κ1) is 13.9. The van der Waals surface area contributed by atoms with Crippen molar-refractivity contribution in [3.63, 3.8) is 0 Å². The minimum atomic E-state index is 0.0480. The van der Waals surface area contributed by atoms with Gasteiger partial charge in [-0.1, -0.05) is 37.4 Å². The average Bonchev–Trinajstić information content (AvgIpc) is 2.72. The monoisotopic (exact) mass is 290 g/mol. The molecular formula is C15H22N4S. The van der Waals surface area contributed by atoms with E-state index in [4.69, 9.17) is 0 Å². The molecule has 1 aliphatic carbocycles. The molecule has 5 heteroatoms. The second-order valence-electron chi connectivity index (χ2n) is 5.93. The zero-order valence-corrected chi connectivity index (χ0v) is 12.7. The molecule has 3 rings (SSSR count). The summed E-state index contributed by atoms with van der Waals surface area (Å²) < 4.78 is 2.25. The third kappa shape index (κ3) is 3.01. The predicted molar refractivity (Wildman–Crippen MR) is 79.4 cm³/mol. The summed E-state index contributed by atoms with van der Waals surface area (Å²) in [4.78, 5) is 0. The molecule has 0 unspecified atom stereocenters. The number of thioether (sulfide) groups is 1. The van der Waals surface area contributed by atoms with Gasteiger partial charge in [-0.3, -0.25) is 0 Å². The van der Waals surface area contributed by atoms with E-state index in [-0.39, 0.29) is 5.25 Å². The van der Waals surface area contributed by atoms with Gasteiger partial charge in [0.15, 0.2) is 5.16 Å². The van der Waals surface area contributed by atoms with E-state index in [1.54, 1.807) is 11.8 Å². The topological polar surface area (TPSA) is 54.5 Å². The van der Waals surface area contributed by atoms with Gasteiger partial charge in [0.1, 0.15) is 11.1 Å². The van der Waals surface area contributed by atoms with Crippen LogP contribution < -0.4 is 0 Å². The van der Waals surface area contributed by atoms with Crippen molar-refractivity contribution < 1.29 is 0 Å². The zero-order chi connectivity index (χ0) is 13.8. The molecule has 0 bridgehead atoms. The van der Waals surface area contributed by atoms with Crippen LogP contribution in [0.3, 0.4) is 0 Å². The maximum absolute atomic E-state index is 9.51. The third-order valence-electron chi connectivity index (χ3n) is 4.51. The first-order chi connectivity index (χ1) is 9.88. The van der Waals surface area contributed by atoms with Crippen molar-refractivity contribution in [2.75, 3.05) is 0 Å². The van der Waals surface area contributed by atoms with Gasteiger partial charge in [-0.05, 0) is 31.6 Å². The maximum Gasteiger partial charge on any atom is 0.192 e. The summed E-state index contributed by atoms with van der Waals surface area (Å²) in [6, 6.07) is 2.51. The lowest BCUT2D eigenvalue weighted by atomic mass is 9.87. The predicted octanol–water partition coefficient (Wildman–Crippen LogP) is 3.57. The molecule has 1 saturated carbocycles. The van der Waals surface area contributed by atoms with Crippen LogP contribution in [0.5, 0.6) is 0 Å². The van der Waals surface area contributed by atoms with Crippen molar-refractivity contribution in [3.8, 4) is 6.07 Å². The molecule has 1 aromatic heterocycles. The Balaban J connectivity index is 1.72. The highest BCUT2D eigenvalue weighted by Gasteiger charge is 2.27. The molecule has 0 radical (unpaired) electrons. The van der Waals surface area contributed by atoms with Crippen molar-refractivity contribution in [2.45, 2.75) is 74.7 Å². The highest BCUT2D eigenvalue weighted by Crippen LogP contribution is 2.35. The number of nitrogens with zero attached hydrogens (tertiary/aromatic N) is 4. The summed E-state index contributed by atoms with van der Waals surface area (Å²) >= 11 is 1.65. The molecule has 0 aromatic carbocycles. The smallest absolute Gasteiger partial charge is 0.192 e. The van der Waals surface area contributed by atoms with Crippen molar-refractivity contribution in [3.05, 3.63) is 5.82 Å². The molecule has 0 saturated heterocycles. The van der Waals surface area contributed by atoms with Crippen LogP contribution in [0.4, 0.5) is 0 Å². The number of aromatic nitrogens is 3. The molecule has 108 valence electrons. The second-order valence-corrected chi connectivity index (χ2v) is 7.04. The number of rotatable bonds is 3. The second kappa shape index (κ2) is 6.62. The minimum Gasteiger partial charge on any atom is -0.306 e. The number of nitriles is 1. The van der Waals surface area contributed by atoms with E-state index in [0.717, 1.165) is 23.9 Å². The van der Waals surface area contributed by atoms with Crippen molar-refractivity contribution in [2.24, 2.45) is 5.92 Å². The Labute approximate surface area is 125 Å². The van der Waals surface area contributed by atoms with Gasteiger partial charge in [-0.25, -0.2) is 0 Å². The van der Waals surface area contributed by atoms with E-state index in [0.29, 0.717) is 5.92 Å². The highest BCUT2D eigenvalue weighted by atomic mass is 32.2. The van der Waals surface area contributed by atoms with Gasteiger partial charge >= 0.3 is 0 Å². The fraction of sp³-hybridized carbons (Fsp3) is 0.800. The Bertz CT molecular complexity index is 485. The molecule has 1 aromatic rings. The average molecular weight is 290 g/mol. The standard InChI is InChI=1S/C15H22N4S/c16-11-13(12-7-3-1-4-8-12)20-15-18-17-14-9-5-2-6-10-19(14)15/h12-13H,1-10H2/t13-/m1/s1. The molecule has 4 nitrogen and oxygen atoms in total. The molecular weight excluding hydrogens is 268 g/mol. The maximum atomic E-state index is 9.51. The van der Waals surface area contributed by atoms with Crippen LogP contribution in [-0.4, -0.2) is 20.0 Å². The molecule has 1 aliphatic heterocycles.